The Morgan fingerprint density at radius 2 is 2.08 bits per heavy atom. The molecule has 0 unspecified atom stereocenters. The number of nitrogens with zero attached hydrogens (tertiary/aromatic N) is 3. The Morgan fingerprint density at radius 1 is 1.29 bits per heavy atom. The Hall–Kier alpha value is -1.40. The van der Waals surface area contributed by atoms with Gasteiger partial charge < -0.3 is 14.9 Å². The molecule has 0 spiro atoms. The number of piperidine rings is 1. The van der Waals surface area contributed by atoms with E-state index >= 15 is 0 Å². The molecule has 2 fully saturated rings. The Morgan fingerprint density at radius 3 is 2.79 bits per heavy atom. The molecule has 134 valence electrons. The van der Waals surface area contributed by atoms with Gasteiger partial charge in [-0.3, -0.25) is 9.89 Å². The molecule has 0 aliphatic carbocycles. The number of rotatable bonds is 7. The highest BCUT2D eigenvalue weighted by molar-refractivity contribution is 5.76. The van der Waals surface area contributed by atoms with Gasteiger partial charge in [0.1, 0.15) is 0 Å². The molecule has 2 aliphatic rings. The summed E-state index contributed by atoms with van der Waals surface area (Å²) in [7, 11) is 0. The number of aromatic nitrogens is 2. The molecule has 0 aromatic carbocycles. The van der Waals surface area contributed by atoms with Gasteiger partial charge in [-0.1, -0.05) is 0 Å². The molecule has 0 bridgehead atoms. The summed E-state index contributed by atoms with van der Waals surface area (Å²) in [6.07, 6.45) is 9.68. The molecule has 1 amide bonds. The van der Waals surface area contributed by atoms with Crippen LogP contribution in [0.25, 0.3) is 0 Å². The van der Waals surface area contributed by atoms with Crippen molar-refractivity contribution in [2.45, 2.75) is 38.5 Å². The Bertz CT molecular complexity index is 499. The summed E-state index contributed by atoms with van der Waals surface area (Å²) in [6, 6.07) is 0. The number of H-pyrrole nitrogens is 1. The number of amides is 1. The lowest BCUT2D eigenvalue weighted by Gasteiger charge is -2.38. The van der Waals surface area contributed by atoms with E-state index in [-0.39, 0.29) is 18.4 Å². The minimum Gasteiger partial charge on any atom is -0.396 e. The van der Waals surface area contributed by atoms with Crippen LogP contribution >= 0.6 is 0 Å². The van der Waals surface area contributed by atoms with E-state index in [0.29, 0.717) is 12.3 Å². The van der Waals surface area contributed by atoms with Crippen LogP contribution in [0.5, 0.6) is 0 Å². The lowest BCUT2D eigenvalue weighted by Crippen LogP contribution is -2.47. The molecule has 1 aromatic rings. The van der Waals surface area contributed by atoms with Crippen LogP contribution in [0.2, 0.25) is 0 Å². The molecule has 1 aromatic heterocycles. The van der Waals surface area contributed by atoms with Gasteiger partial charge in [0.2, 0.25) is 5.91 Å². The van der Waals surface area contributed by atoms with Crippen LogP contribution in [0.3, 0.4) is 0 Å². The minimum atomic E-state index is 0.190. The molecule has 0 saturated carbocycles. The highest BCUT2D eigenvalue weighted by Crippen LogP contribution is 2.24. The van der Waals surface area contributed by atoms with E-state index < -0.39 is 0 Å². The van der Waals surface area contributed by atoms with Crippen LogP contribution in [0, 0.1) is 11.8 Å². The van der Waals surface area contributed by atoms with Gasteiger partial charge in [0.15, 0.2) is 0 Å². The summed E-state index contributed by atoms with van der Waals surface area (Å²) in [5, 5.41) is 16.4. The van der Waals surface area contributed by atoms with Gasteiger partial charge in [0.05, 0.1) is 6.20 Å². The summed E-state index contributed by atoms with van der Waals surface area (Å²) in [6.45, 7) is 5.23. The summed E-state index contributed by atoms with van der Waals surface area (Å²) < 4.78 is 0. The molecule has 2 aliphatic heterocycles. The topological polar surface area (TPSA) is 72.5 Å². The molecule has 3 rings (SSSR count). The van der Waals surface area contributed by atoms with E-state index in [1.807, 2.05) is 17.3 Å². The predicted molar refractivity (Wildman–Crippen MR) is 92.5 cm³/mol. The molecular formula is C18H30N4O2. The summed E-state index contributed by atoms with van der Waals surface area (Å²) in [5.41, 5.74) is 1.15. The van der Waals surface area contributed by atoms with Crippen LogP contribution in [0.1, 0.15) is 37.7 Å². The molecule has 3 heterocycles. The average molecular weight is 334 g/mol. The number of aryl methyl sites for hydroxylation is 1. The third-order valence-electron chi connectivity index (χ3n) is 5.36. The molecule has 2 atom stereocenters. The number of hydrogen-bond donors (Lipinski definition) is 2. The maximum atomic E-state index is 12.6. The number of aromatic amines is 1. The van der Waals surface area contributed by atoms with Gasteiger partial charge in [0, 0.05) is 38.9 Å². The highest BCUT2D eigenvalue weighted by Gasteiger charge is 2.30. The van der Waals surface area contributed by atoms with Gasteiger partial charge >= 0.3 is 0 Å². The van der Waals surface area contributed by atoms with Crippen LogP contribution < -0.4 is 0 Å². The third-order valence-corrected chi connectivity index (χ3v) is 5.36. The van der Waals surface area contributed by atoms with Gasteiger partial charge in [-0.05, 0) is 62.6 Å². The first-order valence-corrected chi connectivity index (χ1v) is 9.33. The van der Waals surface area contributed by atoms with Gasteiger partial charge in [-0.15, -0.1) is 0 Å². The summed E-state index contributed by atoms with van der Waals surface area (Å²) >= 11 is 0. The molecule has 0 radical (unpaired) electrons. The smallest absolute Gasteiger partial charge is 0.222 e. The van der Waals surface area contributed by atoms with Crippen LogP contribution in [-0.2, 0) is 11.2 Å². The lowest BCUT2D eigenvalue weighted by atomic mass is 9.89. The normalized spacial score (nSPS) is 25.3. The van der Waals surface area contributed by atoms with Crippen molar-refractivity contribution in [3.63, 3.8) is 0 Å². The zero-order valence-electron chi connectivity index (χ0n) is 14.5. The van der Waals surface area contributed by atoms with E-state index in [9.17, 15) is 9.90 Å². The molecule has 2 saturated heterocycles. The largest absolute Gasteiger partial charge is 0.396 e. The average Bonchev–Trinajstić information content (AvgIpc) is 3.28. The third kappa shape index (κ3) is 4.80. The quantitative estimate of drug-likeness (QED) is 0.788. The van der Waals surface area contributed by atoms with E-state index in [0.717, 1.165) is 44.5 Å². The molecular weight excluding hydrogens is 304 g/mol. The standard InChI is InChI=1S/C18H30N4O2/c23-14-17-8-16(11-21-6-1-2-7-21)12-22(13-17)18(24)5-3-4-15-9-19-20-10-15/h9-10,16-17,23H,1-8,11-14H2,(H,19,20)/t16-,17+/m0/s1. The van der Waals surface area contributed by atoms with E-state index in [1.165, 1.54) is 25.9 Å². The van der Waals surface area contributed by atoms with Gasteiger partial charge in [-0.25, -0.2) is 0 Å². The fourth-order valence-electron chi connectivity index (χ4n) is 4.13. The SMILES string of the molecule is O=C(CCCc1cn[nH]c1)N1C[C@H](CO)C[C@@H](CN2CCCC2)C1. The zero-order chi connectivity index (χ0) is 16.8. The predicted octanol–water partition coefficient (Wildman–Crippen LogP) is 1.29. The number of carbonyl (C=O) groups is 1. The first kappa shape index (κ1) is 17.4. The monoisotopic (exact) mass is 334 g/mol. The number of likely N-dealkylation sites (tertiary alicyclic amines) is 2. The second-order valence-corrected chi connectivity index (χ2v) is 7.42. The summed E-state index contributed by atoms with van der Waals surface area (Å²) in [5.74, 6) is 0.985. The Kier molecular flexibility index (Phi) is 6.26. The van der Waals surface area contributed by atoms with Crippen LogP contribution in [0.15, 0.2) is 12.4 Å². The number of aliphatic hydroxyl groups is 1. The van der Waals surface area contributed by atoms with Crippen molar-refractivity contribution in [3.05, 3.63) is 18.0 Å². The zero-order valence-corrected chi connectivity index (χ0v) is 14.5. The minimum absolute atomic E-state index is 0.190. The van der Waals surface area contributed by atoms with E-state index in [1.54, 1.807) is 0 Å². The molecule has 6 nitrogen and oxygen atoms in total. The van der Waals surface area contributed by atoms with E-state index in [4.69, 9.17) is 0 Å². The van der Waals surface area contributed by atoms with Crippen LogP contribution in [-0.4, -0.2) is 70.3 Å². The van der Waals surface area contributed by atoms with Crippen molar-refractivity contribution in [2.24, 2.45) is 11.8 Å². The van der Waals surface area contributed by atoms with E-state index in [2.05, 4.69) is 15.1 Å². The highest BCUT2D eigenvalue weighted by atomic mass is 16.3. The van der Waals surface area contributed by atoms with Crippen molar-refractivity contribution in [1.29, 1.82) is 0 Å². The maximum Gasteiger partial charge on any atom is 0.222 e. The van der Waals surface area contributed by atoms with Crippen LogP contribution in [0.4, 0.5) is 0 Å². The number of aliphatic hydroxyl groups excluding tert-OH is 1. The van der Waals surface area contributed by atoms with Gasteiger partial charge in [-0.2, -0.15) is 5.10 Å². The van der Waals surface area contributed by atoms with Gasteiger partial charge in [0.25, 0.3) is 0 Å². The second-order valence-electron chi connectivity index (χ2n) is 7.42. The molecule has 2 N–H and O–H groups in total. The Labute approximate surface area is 144 Å². The second kappa shape index (κ2) is 8.62. The maximum absolute atomic E-state index is 12.6. The molecule has 6 heteroatoms. The first-order valence-electron chi connectivity index (χ1n) is 9.33. The van der Waals surface area contributed by atoms with Crippen molar-refractivity contribution >= 4 is 5.91 Å². The van der Waals surface area contributed by atoms with Crippen molar-refractivity contribution in [2.75, 3.05) is 39.3 Å². The number of carbonyl (C=O) groups excluding carboxylic acids is 1. The molecule has 24 heavy (non-hydrogen) atoms. The van der Waals surface area contributed by atoms with Crippen molar-refractivity contribution in [3.8, 4) is 0 Å². The van der Waals surface area contributed by atoms with Crippen molar-refractivity contribution < 1.29 is 9.90 Å². The number of nitrogens with one attached hydrogen (secondary N) is 1. The van der Waals surface area contributed by atoms with Crippen molar-refractivity contribution in [1.82, 2.24) is 20.0 Å². The summed E-state index contributed by atoms with van der Waals surface area (Å²) in [4.78, 5) is 17.1. The fraction of sp³-hybridized carbons (Fsp3) is 0.778. The first-order chi connectivity index (χ1) is 11.7. The fourth-order valence-corrected chi connectivity index (χ4v) is 4.13. The Balaban J connectivity index is 1.47. The lowest BCUT2D eigenvalue weighted by molar-refractivity contribution is -0.134. The number of hydrogen-bond acceptors (Lipinski definition) is 4.